The molecule has 2 fully saturated rings. The quantitative estimate of drug-likeness (QED) is 0.907. The van der Waals surface area contributed by atoms with E-state index < -0.39 is 5.54 Å². The van der Waals surface area contributed by atoms with Crippen LogP contribution in [0.5, 0.6) is 0 Å². The molecule has 22 heavy (non-hydrogen) atoms. The van der Waals surface area contributed by atoms with Gasteiger partial charge in [-0.3, -0.25) is 9.59 Å². The molecule has 1 atom stereocenters. The molecule has 0 spiro atoms. The smallest absolute Gasteiger partial charge is 0.245 e. The van der Waals surface area contributed by atoms with Crippen LogP contribution >= 0.6 is 11.3 Å². The molecule has 1 aromatic heterocycles. The van der Waals surface area contributed by atoms with Crippen LogP contribution in [0.2, 0.25) is 0 Å². The summed E-state index contributed by atoms with van der Waals surface area (Å²) in [7, 11) is 0. The first-order valence-corrected chi connectivity index (χ1v) is 9.11. The summed E-state index contributed by atoms with van der Waals surface area (Å²) in [6.45, 7) is 2.56. The average molecular weight is 320 g/mol. The number of carbonyl (C=O) groups is 2. The van der Waals surface area contributed by atoms with Crippen LogP contribution in [-0.4, -0.2) is 34.8 Å². The van der Waals surface area contributed by atoms with Gasteiger partial charge in [0.1, 0.15) is 5.54 Å². The molecule has 4 nitrogen and oxygen atoms in total. The lowest BCUT2D eigenvalue weighted by Gasteiger charge is -2.35. The Morgan fingerprint density at radius 1 is 1.45 bits per heavy atom. The van der Waals surface area contributed by atoms with Crippen molar-refractivity contribution >= 4 is 23.2 Å². The third kappa shape index (κ3) is 3.05. The van der Waals surface area contributed by atoms with Gasteiger partial charge in [0.2, 0.25) is 11.8 Å². The maximum absolute atomic E-state index is 12.7. The lowest BCUT2D eigenvalue weighted by atomic mass is 9.96. The van der Waals surface area contributed by atoms with Gasteiger partial charge < -0.3 is 10.2 Å². The summed E-state index contributed by atoms with van der Waals surface area (Å²) in [6, 6.07) is 4.41. The molecule has 0 bridgehead atoms. The maximum atomic E-state index is 12.7. The van der Waals surface area contributed by atoms with E-state index in [2.05, 4.69) is 11.4 Å². The van der Waals surface area contributed by atoms with Crippen LogP contribution in [-0.2, 0) is 16.0 Å². The van der Waals surface area contributed by atoms with Crippen molar-refractivity contribution in [1.29, 1.82) is 0 Å². The molecule has 3 rings (SSSR count). The molecule has 1 unspecified atom stereocenters. The van der Waals surface area contributed by atoms with E-state index in [1.54, 1.807) is 16.2 Å². The number of amides is 2. The van der Waals surface area contributed by atoms with Gasteiger partial charge in [0.25, 0.3) is 0 Å². The standard InChI is InChI=1S/C17H24N2O2S/c1-17(16(21)18-13-5-2-3-6-13)10-8-15(20)19(17)11-9-14-7-4-12-22-14/h4,7,12-13H,2-3,5-6,8-11H2,1H3,(H,18,21). The van der Waals surface area contributed by atoms with E-state index in [-0.39, 0.29) is 11.8 Å². The molecule has 5 heteroatoms. The number of carbonyl (C=O) groups excluding carboxylic acids is 2. The largest absolute Gasteiger partial charge is 0.351 e. The molecule has 1 saturated carbocycles. The Labute approximate surface area is 135 Å². The summed E-state index contributed by atoms with van der Waals surface area (Å²) in [5, 5.41) is 5.22. The van der Waals surface area contributed by atoms with E-state index in [0.29, 0.717) is 25.4 Å². The summed E-state index contributed by atoms with van der Waals surface area (Å²) in [5.74, 6) is 0.150. The average Bonchev–Trinajstić information content (AvgIpc) is 3.21. The number of hydrogen-bond donors (Lipinski definition) is 1. The molecule has 120 valence electrons. The van der Waals surface area contributed by atoms with Gasteiger partial charge in [-0.2, -0.15) is 0 Å². The van der Waals surface area contributed by atoms with Crippen molar-refractivity contribution in [3.05, 3.63) is 22.4 Å². The fraction of sp³-hybridized carbons (Fsp3) is 0.647. The molecular weight excluding hydrogens is 296 g/mol. The molecule has 0 radical (unpaired) electrons. The second-order valence-corrected chi connectivity index (χ2v) is 7.64. The Bertz CT molecular complexity index is 537. The minimum atomic E-state index is -0.670. The topological polar surface area (TPSA) is 49.4 Å². The van der Waals surface area contributed by atoms with Gasteiger partial charge in [-0.05, 0) is 44.1 Å². The van der Waals surface area contributed by atoms with Crippen molar-refractivity contribution in [3.8, 4) is 0 Å². The van der Waals surface area contributed by atoms with E-state index in [4.69, 9.17) is 0 Å². The first-order chi connectivity index (χ1) is 10.6. The van der Waals surface area contributed by atoms with Crippen LogP contribution in [0.15, 0.2) is 17.5 Å². The highest BCUT2D eigenvalue weighted by Crippen LogP contribution is 2.31. The fourth-order valence-corrected chi connectivity index (χ4v) is 4.29. The lowest BCUT2D eigenvalue weighted by molar-refractivity contribution is -0.140. The predicted molar refractivity (Wildman–Crippen MR) is 87.8 cm³/mol. The number of nitrogens with one attached hydrogen (secondary N) is 1. The number of likely N-dealkylation sites (tertiary alicyclic amines) is 1. The van der Waals surface area contributed by atoms with Gasteiger partial charge in [0.05, 0.1) is 0 Å². The zero-order valence-electron chi connectivity index (χ0n) is 13.1. The number of nitrogens with zero attached hydrogens (tertiary/aromatic N) is 1. The van der Waals surface area contributed by atoms with Crippen LogP contribution in [0.25, 0.3) is 0 Å². The highest BCUT2D eigenvalue weighted by Gasteiger charge is 2.47. The third-order valence-electron chi connectivity index (χ3n) is 5.06. The molecule has 1 saturated heterocycles. The minimum Gasteiger partial charge on any atom is -0.351 e. The summed E-state index contributed by atoms with van der Waals surface area (Å²) >= 11 is 1.70. The Hall–Kier alpha value is -1.36. The highest BCUT2D eigenvalue weighted by atomic mass is 32.1. The van der Waals surface area contributed by atoms with Crippen LogP contribution in [0.1, 0.15) is 50.3 Å². The SMILES string of the molecule is CC1(C(=O)NC2CCCC2)CCC(=O)N1CCc1cccs1. The van der Waals surface area contributed by atoms with Crippen molar-refractivity contribution in [2.45, 2.75) is 63.5 Å². The molecule has 0 aromatic carbocycles. The first kappa shape index (κ1) is 15.5. The van der Waals surface area contributed by atoms with Gasteiger partial charge >= 0.3 is 0 Å². The van der Waals surface area contributed by atoms with Crippen molar-refractivity contribution in [2.24, 2.45) is 0 Å². The van der Waals surface area contributed by atoms with Gasteiger partial charge in [0, 0.05) is 23.9 Å². The number of thiophene rings is 1. The molecule has 1 aromatic rings. The molecule has 2 heterocycles. The Kier molecular flexibility index (Phi) is 4.52. The molecule has 1 aliphatic carbocycles. The summed E-state index contributed by atoms with van der Waals surface area (Å²) in [4.78, 5) is 28.0. The van der Waals surface area contributed by atoms with Crippen molar-refractivity contribution < 1.29 is 9.59 Å². The van der Waals surface area contributed by atoms with Crippen LogP contribution < -0.4 is 5.32 Å². The second-order valence-electron chi connectivity index (χ2n) is 6.60. The van der Waals surface area contributed by atoms with E-state index >= 15 is 0 Å². The maximum Gasteiger partial charge on any atom is 0.245 e. The van der Waals surface area contributed by atoms with E-state index in [9.17, 15) is 9.59 Å². The fourth-order valence-electron chi connectivity index (χ4n) is 3.59. The van der Waals surface area contributed by atoms with Gasteiger partial charge in [-0.25, -0.2) is 0 Å². The van der Waals surface area contributed by atoms with Crippen LogP contribution in [0.4, 0.5) is 0 Å². The van der Waals surface area contributed by atoms with Crippen molar-refractivity contribution in [3.63, 3.8) is 0 Å². The highest BCUT2D eigenvalue weighted by molar-refractivity contribution is 7.09. The monoisotopic (exact) mass is 320 g/mol. The Balaban J connectivity index is 1.65. The molecule has 1 N–H and O–H groups in total. The zero-order valence-corrected chi connectivity index (χ0v) is 14.0. The van der Waals surface area contributed by atoms with E-state index in [1.807, 2.05) is 18.4 Å². The van der Waals surface area contributed by atoms with E-state index in [0.717, 1.165) is 19.3 Å². The third-order valence-corrected chi connectivity index (χ3v) is 6.00. The van der Waals surface area contributed by atoms with Crippen LogP contribution in [0, 0.1) is 0 Å². The van der Waals surface area contributed by atoms with Crippen molar-refractivity contribution in [2.75, 3.05) is 6.54 Å². The van der Waals surface area contributed by atoms with E-state index in [1.165, 1.54) is 17.7 Å². The van der Waals surface area contributed by atoms with Crippen LogP contribution in [0.3, 0.4) is 0 Å². The minimum absolute atomic E-state index is 0.0384. The summed E-state index contributed by atoms with van der Waals surface area (Å²) in [6.07, 6.45) is 6.49. The summed E-state index contributed by atoms with van der Waals surface area (Å²) in [5.41, 5.74) is -0.670. The Morgan fingerprint density at radius 3 is 2.91 bits per heavy atom. The summed E-state index contributed by atoms with van der Waals surface area (Å²) < 4.78 is 0. The number of rotatable bonds is 5. The normalized spacial score (nSPS) is 25.9. The predicted octanol–water partition coefficient (Wildman–Crippen LogP) is 2.73. The molecule has 1 aliphatic heterocycles. The molecular formula is C17H24N2O2S. The second kappa shape index (κ2) is 6.41. The van der Waals surface area contributed by atoms with Crippen molar-refractivity contribution in [1.82, 2.24) is 10.2 Å². The Morgan fingerprint density at radius 2 is 2.23 bits per heavy atom. The lowest BCUT2D eigenvalue weighted by Crippen LogP contribution is -2.56. The molecule has 2 amide bonds. The van der Waals surface area contributed by atoms with Gasteiger partial charge in [0.15, 0.2) is 0 Å². The molecule has 2 aliphatic rings. The van der Waals surface area contributed by atoms with Gasteiger partial charge in [-0.1, -0.05) is 18.9 Å². The zero-order chi connectivity index (χ0) is 15.6. The number of hydrogen-bond acceptors (Lipinski definition) is 3. The first-order valence-electron chi connectivity index (χ1n) is 8.23. The van der Waals surface area contributed by atoms with Gasteiger partial charge in [-0.15, -0.1) is 11.3 Å².